The summed E-state index contributed by atoms with van der Waals surface area (Å²) in [5.41, 5.74) is 0.594. The number of ether oxygens (including phenoxy) is 2. The van der Waals surface area contributed by atoms with Crippen LogP contribution >= 0.6 is 0 Å². The lowest BCUT2D eigenvalue weighted by atomic mass is 10.1. The Hall–Kier alpha value is -2.97. The number of para-hydroxylation sites is 1. The predicted molar refractivity (Wildman–Crippen MR) is 108 cm³/mol. The molecule has 0 amide bonds. The molecule has 1 aromatic heterocycles. The minimum Gasteiger partial charge on any atom is -0.439 e. The Balaban J connectivity index is 1.67. The maximum atomic E-state index is 12.7. The van der Waals surface area contributed by atoms with E-state index in [2.05, 4.69) is 14.7 Å². The number of nitrogens with zero attached hydrogens (tertiary/aromatic N) is 2. The second kappa shape index (κ2) is 8.59. The summed E-state index contributed by atoms with van der Waals surface area (Å²) in [4.78, 5) is 8.79. The molecule has 1 aliphatic rings. The minimum absolute atomic E-state index is 0.0496. The van der Waals surface area contributed by atoms with Crippen molar-refractivity contribution in [3.05, 3.63) is 72.4 Å². The Labute approximate surface area is 169 Å². The zero-order valence-corrected chi connectivity index (χ0v) is 16.5. The quantitative estimate of drug-likeness (QED) is 0.650. The van der Waals surface area contributed by atoms with Gasteiger partial charge in [-0.2, -0.15) is 4.98 Å². The van der Waals surface area contributed by atoms with E-state index in [4.69, 9.17) is 9.47 Å². The van der Waals surface area contributed by atoms with Gasteiger partial charge in [0.05, 0.1) is 16.7 Å². The Morgan fingerprint density at radius 2 is 1.69 bits per heavy atom. The lowest BCUT2D eigenvalue weighted by molar-refractivity contribution is 0.0122. The van der Waals surface area contributed by atoms with E-state index in [9.17, 15) is 8.42 Å². The molecule has 3 aromatic rings. The largest absolute Gasteiger partial charge is 0.439 e. The Bertz CT molecular complexity index is 1050. The van der Waals surface area contributed by atoms with Gasteiger partial charge in [0.1, 0.15) is 5.75 Å². The second-order valence-electron chi connectivity index (χ2n) is 6.64. The molecule has 7 nitrogen and oxygen atoms in total. The topological polar surface area (TPSA) is 90.4 Å². The zero-order valence-electron chi connectivity index (χ0n) is 15.7. The van der Waals surface area contributed by atoms with E-state index in [0.29, 0.717) is 18.1 Å². The molecule has 8 heteroatoms. The molecule has 2 aromatic carbocycles. The Morgan fingerprint density at radius 3 is 2.38 bits per heavy atom. The van der Waals surface area contributed by atoms with Crippen LogP contribution in [0.4, 0.5) is 5.95 Å². The van der Waals surface area contributed by atoms with Crippen LogP contribution in [0.5, 0.6) is 11.6 Å². The number of rotatable bonds is 6. The fraction of sp³-hybridized carbons (Fsp3) is 0.238. The molecule has 1 atom stereocenters. The molecule has 0 aliphatic carbocycles. The maximum Gasteiger partial charge on any atom is 0.264 e. The van der Waals surface area contributed by atoms with Gasteiger partial charge in [-0.05, 0) is 43.5 Å². The average Bonchev–Trinajstić information content (AvgIpc) is 2.75. The third-order valence-electron chi connectivity index (χ3n) is 4.48. The molecule has 150 valence electrons. The fourth-order valence-electron chi connectivity index (χ4n) is 3.07. The lowest BCUT2D eigenvalue weighted by Gasteiger charge is -2.22. The van der Waals surface area contributed by atoms with Crippen LogP contribution < -0.4 is 9.46 Å². The third kappa shape index (κ3) is 4.90. The number of sulfonamides is 1. The van der Waals surface area contributed by atoms with Crippen LogP contribution in [0.2, 0.25) is 0 Å². The van der Waals surface area contributed by atoms with Gasteiger partial charge in [0.15, 0.2) is 0 Å². The molecule has 1 unspecified atom stereocenters. The maximum absolute atomic E-state index is 12.7. The first-order valence-electron chi connectivity index (χ1n) is 9.41. The first-order valence-corrected chi connectivity index (χ1v) is 10.9. The van der Waals surface area contributed by atoms with E-state index in [1.165, 1.54) is 12.1 Å². The summed E-state index contributed by atoms with van der Waals surface area (Å²) in [6, 6.07) is 19.0. The van der Waals surface area contributed by atoms with Gasteiger partial charge in [-0.1, -0.05) is 36.4 Å². The summed E-state index contributed by atoms with van der Waals surface area (Å²) in [6.45, 7) is 0.647. The van der Waals surface area contributed by atoms with Crippen LogP contribution in [0, 0.1) is 0 Å². The number of nitrogens with one attached hydrogen (secondary N) is 1. The number of hydrogen-bond donors (Lipinski definition) is 1. The molecule has 1 aliphatic heterocycles. The Kier molecular flexibility index (Phi) is 5.73. The summed E-state index contributed by atoms with van der Waals surface area (Å²) in [5.74, 6) is 0.797. The van der Waals surface area contributed by atoms with Crippen molar-refractivity contribution in [2.45, 2.75) is 30.3 Å². The molecule has 0 spiro atoms. The van der Waals surface area contributed by atoms with Crippen LogP contribution in [0.3, 0.4) is 0 Å². The smallest absolute Gasteiger partial charge is 0.264 e. The molecule has 0 radical (unpaired) electrons. The SMILES string of the molecule is O=S(=O)(Nc1nc(Oc2ccccc2)cc(C2CCCCO2)n1)c1ccccc1. The molecule has 1 N–H and O–H groups in total. The van der Waals surface area contributed by atoms with Crippen molar-refractivity contribution >= 4 is 16.0 Å². The highest BCUT2D eigenvalue weighted by molar-refractivity contribution is 7.92. The standard InChI is InChI=1S/C21H21N3O4S/c25-29(26,17-11-5-2-6-12-17)24-21-22-18(19-13-7-8-14-27-19)15-20(23-21)28-16-9-3-1-4-10-16/h1-6,9-12,15,19H,7-8,13-14H2,(H,22,23,24). The van der Waals surface area contributed by atoms with Crippen LogP contribution in [0.15, 0.2) is 71.6 Å². The van der Waals surface area contributed by atoms with E-state index in [1.54, 1.807) is 36.4 Å². The third-order valence-corrected chi connectivity index (χ3v) is 5.82. The van der Waals surface area contributed by atoms with E-state index < -0.39 is 10.0 Å². The van der Waals surface area contributed by atoms with Crippen molar-refractivity contribution in [1.29, 1.82) is 0 Å². The number of hydrogen-bond acceptors (Lipinski definition) is 6. The second-order valence-corrected chi connectivity index (χ2v) is 8.33. The summed E-state index contributed by atoms with van der Waals surface area (Å²) in [6.07, 6.45) is 2.62. The highest BCUT2D eigenvalue weighted by Gasteiger charge is 2.22. The predicted octanol–water partition coefficient (Wildman–Crippen LogP) is 4.31. The Morgan fingerprint density at radius 1 is 0.966 bits per heavy atom. The molecule has 0 bridgehead atoms. The molecule has 1 fully saturated rings. The molecule has 2 heterocycles. The minimum atomic E-state index is -3.82. The molecular weight excluding hydrogens is 390 g/mol. The van der Waals surface area contributed by atoms with E-state index in [0.717, 1.165) is 19.3 Å². The number of anilines is 1. The zero-order chi connectivity index (χ0) is 20.1. The number of benzene rings is 2. The van der Waals surface area contributed by atoms with Gasteiger partial charge in [0.25, 0.3) is 10.0 Å². The van der Waals surface area contributed by atoms with Crippen LogP contribution in [0.1, 0.15) is 31.1 Å². The summed E-state index contributed by atoms with van der Waals surface area (Å²) < 4.78 is 39.5. The van der Waals surface area contributed by atoms with Gasteiger partial charge in [0, 0.05) is 12.7 Å². The van der Waals surface area contributed by atoms with Gasteiger partial charge in [-0.3, -0.25) is 0 Å². The van der Waals surface area contributed by atoms with Crippen molar-refractivity contribution in [2.75, 3.05) is 11.3 Å². The summed E-state index contributed by atoms with van der Waals surface area (Å²) >= 11 is 0. The van der Waals surface area contributed by atoms with Gasteiger partial charge in [0.2, 0.25) is 11.8 Å². The van der Waals surface area contributed by atoms with Gasteiger partial charge >= 0.3 is 0 Å². The van der Waals surface area contributed by atoms with Gasteiger partial charge in [-0.25, -0.2) is 18.1 Å². The van der Waals surface area contributed by atoms with Gasteiger partial charge < -0.3 is 9.47 Å². The van der Waals surface area contributed by atoms with E-state index in [-0.39, 0.29) is 22.8 Å². The fourth-order valence-corrected chi connectivity index (χ4v) is 4.03. The van der Waals surface area contributed by atoms with Crippen molar-refractivity contribution in [3.63, 3.8) is 0 Å². The molecular formula is C21H21N3O4S. The molecule has 29 heavy (non-hydrogen) atoms. The van der Waals surface area contributed by atoms with Crippen molar-refractivity contribution in [3.8, 4) is 11.6 Å². The van der Waals surface area contributed by atoms with Crippen LogP contribution in [0.25, 0.3) is 0 Å². The van der Waals surface area contributed by atoms with E-state index in [1.807, 2.05) is 18.2 Å². The normalized spacial score (nSPS) is 16.9. The first-order chi connectivity index (χ1) is 14.1. The highest BCUT2D eigenvalue weighted by Crippen LogP contribution is 2.30. The first kappa shape index (κ1) is 19.4. The van der Waals surface area contributed by atoms with E-state index >= 15 is 0 Å². The van der Waals surface area contributed by atoms with Crippen molar-refractivity contribution in [2.24, 2.45) is 0 Å². The molecule has 1 saturated heterocycles. The lowest BCUT2D eigenvalue weighted by Crippen LogP contribution is -2.18. The van der Waals surface area contributed by atoms with Crippen molar-refractivity contribution < 1.29 is 17.9 Å². The summed E-state index contributed by atoms with van der Waals surface area (Å²) in [7, 11) is -3.82. The van der Waals surface area contributed by atoms with Gasteiger partial charge in [-0.15, -0.1) is 0 Å². The van der Waals surface area contributed by atoms with Crippen molar-refractivity contribution in [1.82, 2.24) is 9.97 Å². The monoisotopic (exact) mass is 411 g/mol. The number of aromatic nitrogens is 2. The summed E-state index contributed by atoms with van der Waals surface area (Å²) in [5, 5.41) is 0. The van der Waals surface area contributed by atoms with Crippen LogP contribution in [-0.4, -0.2) is 25.0 Å². The highest BCUT2D eigenvalue weighted by atomic mass is 32.2. The molecule has 0 saturated carbocycles. The van der Waals surface area contributed by atoms with Crippen LogP contribution in [-0.2, 0) is 14.8 Å². The average molecular weight is 411 g/mol. The molecule has 4 rings (SSSR count).